The van der Waals surface area contributed by atoms with Crippen molar-refractivity contribution in [1.82, 2.24) is 9.66 Å². The molecule has 0 amide bonds. The Morgan fingerprint density at radius 2 is 1.84 bits per heavy atom. The summed E-state index contributed by atoms with van der Waals surface area (Å²) in [6.07, 6.45) is 1.21. The number of nitrogens with zero attached hydrogens (tertiary/aromatic N) is 3. The Morgan fingerprint density at radius 3 is 2.59 bits per heavy atom. The third-order valence-electron chi connectivity index (χ3n) is 4.59. The van der Waals surface area contributed by atoms with Crippen molar-refractivity contribution in [3.05, 3.63) is 113 Å². The van der Waals surface area contributed by atoms with Crippen molar-refractivity contribution < 1.29 is 9.66 Å². The molecule has 10 heteroatoms. The molecular formula is C22H15BrN4O5. The molecule has 0 aliphatic heterocycles. The van der Waals surface area contributed by atoms with Crippen LogP contribution in [0.2, 0.25) is 0 Å². The molecule has 0 atom stereocenters. The molecule has 1 N–H and O–H groups in total. The van der Waals surface area contributed by atoms with Gasteiger partial charge in [0.1, 0.15) is 6.61 Å². The third kappa shape index (κ3) is 4.49. The molecule has 4 aromatic rings. The normalized spacial score (nSPS) is 11.2. The molecule has 0 saturated carbocycles. The number of halogens is 1. The van der Waals surface area contributed by atoms with Gasteiger partial charge in [-0.3, -0.25) is 14.9 Å². The van der Waals surface area contributed by atoms with Crippen LogP contribution < -0.4 is 16.0 Å². The van der Waals surface area contributed by atoms with Crippen LogP contribution in [0.25, 0.3) is 10.9 Å². The first-order valence-electron chi connectivity index (χ1n) is 9.36. The number of aromatic amines is 1. The van der Waals surface area contributed by atoms with Gasteiger partial charge in [0.2, 0.25) is 0 Å². The lowest BCUT2D eigenvalue weighted by molar-refractivity contribution is -0.385. The van der Waals surface area contributed by atoms with Crippen LogP contribution in [0.15, 0.2) is 85.9 Å². The third-order valence-corrected chi connectivity index (χ3v) is 5.12. The van der Waals surface area contributed by atoms with Crippen molar-refractivity contribution >= 4 is 38.7 Å². The van der Waals surface area contributed by atoms with Gasteiger partial charge in [-0.1, -0.05) is 40.2 Å². The molecule has 9 nitrogen and oxygen atoms in total. The second-order valence-corrected chi connectivity index (χ2v) is 7.65. The van der Waals surface area contributed by atoms with Crippen molar-refractivity contribution in [2.45, 2.75) is 6.61 Å². The van der Waals surface area contributed by atoms with Crippen LogP contribution in [-0.4, -0.2) is 20.8 Å². The number of ether oxygens (including phenoxy) is 1. The number of aromatic nitrogens is 2. The standard InChI is InChI=1S/C22H15BrN4O5/c23-16-8-5-14(6-9-16)13-32-20-10-7-15(11-19(20)27(30)31)12-24-26-21(28)17-3-1-2-4-18(17)25-22(26)29/h1-12H,13H2,(H,25,29). The molecule has 0 aliphatic rings. The van der Waals surface area contributed by atoms with E-state index in [1.807, 2.05) is 24.3 Å². The van der Waals surface area contributed by atoms with E-state index in [1.54, 1.807) is 30.3 Å². The number of nitrogens with one attached hydrogen (secondary N) is 1. The maximum absolute atomic E-state index is 12.5. The lowest BCUT2D eigenvalue weighted by Gasteiger charge is -2.07. The fourth-order valence-corrected chi connectivity index (χ4v) is 3.27. The summed E-state index contributed by atoms with van der Waals surface area (Å²) in [4.78, 5) is 38.3. The second kappa shape index (κ2) is 8.98. The van der Waals surface area contributed by atoms with E-state index in [0.717, 1.165) is 10.0 Å². The zero-order valence-electron chi connectivity index (χ0n) is 16.4. The number of benzene rings is 3. The van der Waals surface area contributed by atoms with Crippen LogP contribution in [0, 0.1) is 10.1 Å². The summed E-state index contributed by atoms with van der Waals surface area (Å²) in [5.74, 6) is 0.0933. The summed E-state index contributed by atoms with van der Waals surface area (Å²) in [5, 5.41) is 15.7. The molecule has 0 radical (unpaired) electrons. The van der Waals surface area contributed by atoms with Crippen LogP contribution in [0.3, 0.4) is 0 Å². The minimum Gasteiger partial charge on any atom is -0.482 e. The van der Waals surface area contributed by atoms with Crippen LogP contribution >= 0.6 is 15.9 Å². The van der Waals surface area contributed by atoms with E-state index in [4.69, 9.17) is 4.74 Å². The molecule has 0 unspecified atom stereocenters. The van der Waals surface area contributed by atoms with Gasteiger partial charge < -0.3 is 9.72 Å². The predicted octanol–water partition coefficient (Wildman–Crippen LogP) is 3.82. The number of nitro groups is 1. The molecule has 0 aliphatic carbocycles. The number of H-pyrrole nitrogens is 1. The van der Waals surface area contributed by atoms with E-state index in [9.17, 15) is 19.7 Å². The Kier molecular flexibility index (Phi) is 5.95. The molecule has 3 aromatic carbocycles. The predicted molar refractivity (Wildman–Crippen MR) is 123 cm³/mol. The molecule has 4 rings (SSSR count). The number of para-hydroxylation sites is 1. The Morgan fingerprint density at radius 1 is 1.09 bits per heavy atom. The monoisotopic (exact) mass is 494 g/mol. The van der Waals surface area contributed by atoms with E-state index in [0.29, 0.717) is 21.1 Å². The first-order chi connectivity index (χ1) is 15.4. The van der Waals surface area contributed by atoms with Gasteiger partial charge in [-0.25, -0.2) is 4.79 Å². The van der Waals surface area contributed by atoms with Gasteiger partial charge in [0, 0.05) is 16.1 Å². The average molecular weight is 495 g/mol. The summed E-state index contributed by atoms with van der Waals surface area (Å²) >= 11 is 3.35. The smallest absolute Gasteiger partial charge is 0.349 e. The Labute approximate surface area is 188 Å². The summed E-state index contributed by atoms with van der Waals surface area (Å²) < 4.78 is 7.21. The van der Waals surface area contributed by atoms with Gasteiger partial charge in [-0.15, -0.1) is 4.68 Å². The second-order valence-electron chi connectivity index (χ2n) is 6.74. The molecule has 0 saturated heterocycles. The molecule has 0 spiro atoms. The Bertz CT molecular complexity index is 1460. The maximum atomic E-state index is 12.5. The van der Waals surface area contributed by atoms with Gasteiger partial charge >= 0.3 is 11.4 Å². The molecule has 160 valence electrons. The minimum absolute atomic E-state index is 0.0933. The number of nitro benzene ring substituents is 1. The number of fused-ring (bicyclic) bond motifs is 1. The molecule has 1 heterocycles. The summed E-state index contributed by atoms with van der Waals surface area (Å²) in [6.45, 7) is 0.156. The molecule has 0 bridgehead atoms. The van der Waals surface area contributed by atoms with Crippen molar-refractivity contribution in [1.29, 1.82) is 0 Å². The lowest BCUT2D eigenvalue weighted by Crippen LogP contribution is -2.32. The lowest BCUT2D eigenvalue weighted by atomic mass is 10.2. The Hall–Kier alpha value is -4.05. The van der Waals surface area contributed by atoms with Crippen molar-refractivity contribution in [3.63, 3.8) is 0 Å². The number of hydrogen-bond donors (Lipinski definition) is 1. The van der Waals surface area contributed by atoms with Gasteiger partial charge in [0.05, 0.1) is 22.0 Å². The van der Waals surface area contributed by atoms with E-state index >= 15 is 0 Å². The largest absolute Gasteiger partial charge is 0.482 e. The highest BCUT2D eigenvalue weighted by Gasteiger charge is 2.16. The molecule has 0 fully saturated rings. The highest BCUT2D eigenvalue weighted by atomic mass is 79.9. The van der Waals surface area contributed by atoms with Gasteiger partial charge in [0.25, 0.3) is 5.56 Å². The molecule has 32 heavy (non-hydrogen) atoms. The number of hydrogen-bond acceptors (Lipinski definition) is 6. The van der Waals surface area contributed by atoms with Crippen molar-refractivity contribution in [3.8, 4) is 5.75 Å². The Balaban J connectivity index is 1.62. The fraction of sp³-hybridized carbons (Fsp3) is 0.0455. The van der Waals surface area contributed by atoms with Gasteiger partial charge in [-0.05, 0) is 42.0 Å². The summed E-state index contributed by atoms with van der Waals surface area (Å²) in [5.41, 5.74) is 0.0105. The van der Waals surface area contributed by atoms with E-state index in [2.05, 4.69) is 26.0 Å². The van der Waals surface area contributed by atoms with Crippen molar-refractivity contribution in [2.24, 2.45) is 5.10 Å². The fourth-order valence-electron chi connectivity index (χ4n) is 3.00. The van der Waals surface area contributed by atoms with Crippen molar-refractivity contribution in [2.75, 3.05) is 0 Å². The van der Waals surface area contributed by atoms with Gasteiger partial charge in [0.15, 0.2) is 5.75 Å². The maximum Gasteiger partial charge on any atom is 0.349 e. The first kappa shape index (κ1) is 21.2. The highest BCUT2D eigenvalue weighted by Crippen LogP contribution is 2.28. The first-order valence-corrected chi connectivity index (χ1v) is 10.2. The minimum atomic E-state index is -0.714. The summed E-state index contributed by atoms with van der Waals surface area (Å²) in [6, 6.07) is 18.2. The molecule has 1 aromatic heterocycles. The van der Waals surface area contributed by atoms with Crippen LogP contribution in [0.5, 0.6) is 5.75 Å². The SMILES string of the molecule is O=c1[nH]c2ccccc2c(=O)n1N=Cc1ccc(OCc2ccc(Br)cc2)c([N+](=O)[O-])c1. The van der Waals surface area contributed by atoms with Crippen LogP contribution in [-0.2, 0) is 6.61 Å². The highest BCUT2D eigenvalue weighted by molar-refractivity contribution is 9.10. The van der Waals surface area contributed by atoms with Crippen LogP contribution in [0.1, 0.15) is 11.1 Å². The van der Waals surface area contributed by atoms with Gasteiger partial charge in [-0.2, -0.15) is 5.10 Å². The molecular weight excluding hydrogens is 480 g/mol. The zero-order valence-corrected chi connectivity index (χ0v) is 18.0. The summed E-state index contributed by atoms with van der Waals surface area (Å²) in [7, 11) is 0. The van der Waals surface area contributed by atoms with E-state index in [-0.39, 0.29) is 18.0 Å². The topological polar surface area (TPSA) is 120 Å². The quantitative estimate of drug-likeness (QED) is 0.248. The zero-order chi connectivity index (χ0) is 22.7. The van der Waals surface area contributed by atoms with Crippen LogP contribution in [0.4, 0.5) is 5.69 Å². The number of rotatable bonds is 6. The van der Waals surface area contributed by atoms with E-state index < -0.39 is 16.2 Å². The van der Waals surface area contributed by atoms with E-state index in [1.165, 1.54) is 18.3 Å². The average Bonchev–Trinajstić information content (AvgIpc) is 2.79.